The Morgan fingerprint density at radius 2 is 1.87 bits per heavy atom. The van der Waals surface area contributed by atoms with Gasteiger partial charge in [0.25, 0.3) is 0 Å². The van der Waals surface area contributed by atoms with Gasteiger partial charge < -0.3 is 9.64 Å². The monoisotopic (exact) mass is 213 g/mol. The maximum atomic E-state index is 11.5. The van der Waals surface area contributed by atoms with E-state index in [1.54, 1.807) is 0 Å². The van der Waals surface area contributed by atoms with E-state index < -0.39 is 0 Å². The molecule has 0 saturated carbocycles. The fourth-order valence-electron chi connectivity index (χ4n) is 1.37. The van der Waals surface area contributed by atoms with Gasteiger partial charge in [-0.2, -0.15) is 0 Å². The first-order valence-electron chi connectivity index (χ1n) is 5.74. The summed E-state index contributed by atoms with van der Waals surface area (Å²) in [6.45, 7) is 11.3. The van der Waals surface area contributed by atoms with Crippen molar-refractivity contribution in [3.05, 3.63) is 11.6 Å². The van der Waals surface area contributed by atoms with Crippen LogP contribution in [0.2, 0.25) is 0 Å². The molecule has 88 valence electrons. The van der Waals surface area contributed by atoms with Gasteiger partial charge in [0.2, 0.25) is 0 Å². The highest BCUT2D eigenvalue weighted by Gasteiger charge is 2.07. The lowest BCUT2D eigenvalue weighted by molar-refractivity contribution is -0.139. The van der Waals surface area contributed by atoms with Crippen molar-refractivity contribution in [3.8, 4) is 0 Å². The molecule has 0 radical (unpaired) electrons. The van der Waals surface area contributed by atoms with Crippen LogP contribution in [0.25, 0.3) is 0 Å². The van der Waals surface area contributed by atoms with E-state index in [0.29, 0.717) is 6.61 Å². The summed E-state index contributed by atoms with van der Waals surface area (Å²) in [6, 6.07) is 0. The largest absolute Gasteiger partial charge is 0.461 e. The molecule has 0 bridgehead atoms. The first-order valence-corrected chi connectivity index (χ1v) is 5.74. The van der Waals surface area contributed by atoms with Crippen LogP contribution in [0.4, 0.5) is 0 Å². The van der Waals surface area contributed by atoms with Gasteiger partial charge in [-0.25, -0.2) is 4.79 Å². The smallest absolute Gasteiger partial charge is 0.333 e. The van der Waals surface area contributed by atoms with Crippen molar-refractivity contribution in [2.75, 3.05) is 26.2 Å². The summed E-state index contributed by atoms with van der Waals surface area (Å²) in [7, 11) is 0. The van der Waals surface area contributed by atoms with E-state index in [9.17, 15) is 4.79 Å². The van der Waals surface area contributed by atoms with Crippen molar-refractivity contribution in [3.63, 3.8) is 0 Å². The summed E-state index contributed by atoms with van der Waals surface area (Å²) in [4.78, 5) is 13.7. The summed E-state index contributed by atoms with van der Waals surface area (Å²) in [5.41, 5.74) is 0.759. The van der Waals surface area contributed by atoms with Crippen LogP contribution in [0, 0.1) is 0 Å². The zero-order valence-corrected chi connectivity index (χ0v) is 10.4. The zero-order chi connectivity index (χ0) is 11.7. The zero-order valence-electron chi connectivity index (χ0n) is 10.4. The Morgan fingerprint density at radius 1 is 1.27 bits per heavy atom. The number of carbonyl (C=O) groups excluding carboxylic acids is 1. The normalized spacial score (nSPS) is 11.9. The number of hydrogen-bond donors (Lipinski definition) is 0. The Kier molecular flexibility index (Phi) is 8.01. The minimum atomic E-state index is -0.174. The Balaban J connectivity index is 3.81. The molecule has 0 saturated heterocycles. The van der Waals surface area contributed by atoms with Crippen LogP contribution in [0.1, 0.15) is 34.1 Å². The first kappa shape index (κ1) is 14.2. The van der Waals surface area contributed by atoms with Gasteiger partial charge in [-0.05, 0) is 26.4 Å². The third-order valence-electron chi connectivity index (χ3n) is 2.53. The number of ether oxygens (including phenoxy) is 1. The van der Waals surface area contributed by atoms with Crippen molar-refractivity contribution >= 4 is 5.97 Å². The minimum absolute atomic E-state index is 0.174. The summed E-state index contributed by atoms with van der Waals surface area (Å²) < 4.78 is 5.17. The molecule has 0 amide bonds. The van der Waals surface area contributed by atoms with Crippen LogP contribution in [0.5, 0.6) is 0 Å². The second kappa shape index (κ2) is 8.48. The van der Waals surface area contributed by atoms with Gasteiger partial charge in [0.05, 0.1) is 0 Å². The Hall–Kier alpha value is -0.830. The molecule has 0 N–H and O–H groups in total. The highest BCUT2D eigenvalue weighted by Crippen LogP contribution is 2.02. The summed E-state index contributed by atoms with van der Waals surface area (Å²) in [5, 5.41) is 0. The molecule has 3 nitrogen and oxygen atoms in total. The highest BCUT2D eigenvalue weighted by molar-refractivity contribution is 5.88. The third kappa shape index (κ3) is 5.57. The molecular formula is C12H23NO2. The molecule has 0 aliphatic rings. The number of hydrogen-bond acceptors (Lipinski definition) is 3. The number of nitrogens with zero attached hydrogens (tertiary/aromatic N) is 1. The first-order chi connectivity index (χ1) is 7.19. The predicted octanol–water partition coefficient (Wildman–Crippen LogP) is 2.23. The standard InChI is InChI=1S/C12H23NO2/c1-5-11(6-2)12(14)15-10-9-13(7-3)8-4/h5H,6-10H2,1-4H3. The van der Waals surface area contributed by atoms with Crippen molar-refractivity contribution in [1.82, 2.24) is 4.90 Å². The van der Waals surface area contributed by atoms with Crippen molar-refractivity contribution < 1.29 is 9.53 Å². The molecule has 0 aromatic carbocycles. The molecule has 0 aromatic rings. The molecule has 3 heteroatoms. The van der Waals surface area contributed by atoms with Crippen LogP contribution >= 0.6 is 0 Å². The van der Waals surface area contributed by atoms with Gasteiger partial charge in [0.1, 0.15) is 6.61 Å². The predicted molar refractivity (Wildman–Crippen MR) is 62.8 cm³/mol. The van der Waals surface area contributed by atoms with Crippen molar-refractivity contribution in [1.29, 1.82) is 0 Å². The molecule has 0 aliphatic heterocycles. The Labute approximate surface area is 93.1 Å². The molecule has 0 spiro atoms. The fourth-order valence-corrected chi connectivity index (χ4v) is 1.37. The molecule has 0 rings (SSSR count). The summed E-state index contributed by atoms with van der Waals surface area (Å²) in [5.74, 6) is -0.174. The number of carbonyl (C=O) groups is 1. The average Bonchev–Trinajstić information content (AvgIpc) is 2.26. The van der Waals surface area contributed by atoms with Crippen LogP contribution in [0.15, 0.2) is 11.6 Å². The van der Waals surface area contributed by atoms with E-state index in [1.165, 1.54) is 0 Å². The van der Waals surface area contributed by atoms with Crippen LogP contribution in [0.3, 0.4) is 0 Å². The van der Waals surface area contributed by atoms with Gasteiger partial charge in [0, 0.05) is 12.1 Å². The lowest BCUT2D eigenvalue weighted by atomic mass is 10.2. The third-order valence-corrected chi connectivity index (χ3v) is 2.53. The van der Waals surface area contributed by atoms with Gasteiger partial charge in [-0.3, -0.25) is 0 Å². The maximum Gasteiger partial charge on any atom is 0.333 e. The molecule has 0 fully saturated rings. The molecular weight excluding hydrogens is 190 g/mol. The molecule has 0 unspecified atom stereocenters. The fraction of sp³-hybridized carbons (Fsp3) is 0.750. The summed E-state index contributed by atoms with van der Waals surface area (Å²) >= 11 is 0. The highest BCUT2D eigenvalue weighted by atomic mass is 16.5. The number of esters is 1. The summed E-state index contributed by atoms with van der Waals surface area (Å²) in [6.07, 6.45) is 2.56. The molecule has 0 atom stereocenters. The maximum absolute atomic E-state index is 11.5. The molecule has 0 aromatic heterocycles. The van der Waals surface area contributed by atoms with Crippen LogP contribution < -0.4 is 0 Å². The number of allylic oxidation sites excluding steroid dienone is 1. The lowest BCUT2D eigenvalue weighted by Gasteiger charge is -2.17. The van der Waals surface area contributed by atoms with E-state index in [2.05, 4.69) is 18.7 Å². The van der Waals surface area contributed by atoms with Gasteiger partial charge in [-0.1, -0.05) is 26.8 Å². The van der Waals surface area contributed by atoms with E-state index >= 15 is 0 Å². The molecule has 0 aliphatic carbocycles. The SMILES string of the molecule is CC=C(CC)C(=O)OCCN(CC)CC. The van der Waals surface area contributed by atoms with E-state index in [4.69, 9.17) is 4.74 Å². The van der Waals surface area contributed by atoms with Crippen molar-refractivity contribution in [2.24, 2.45) is 0 Å². The van der Waals surface area contributed by atoms with Gasteiger partial charge in [-0.15, -0.1) is 0 Å². The molecule has 0 heterocycles. The molecule has 15 heavy (non-hydrogen) atoms. The lowest BCUT2D eigenvalue weighted by Crippen LogP contribution is -2.28. The van der Waals surface area contributed by atoms with Crippen LogP contribution in [-0.2, 0) is 9.53 Å². The Morgan fingerprint density at radius 3 is 2.27 bits per heavy atom. The quantitative estimate of drug-likeness (QED) is 0.480. The topological polar surface area (TPSA) is 29.5 Å². The van der Waals surface area contributed by atoms with E-state index in [1.807, 2.05) is 19.9 Å². The van der Waals surface area contributed by atoms with Crippen molar-refractivity contribution in [2.45, 2.75) is 34.1 Å². The Bertz CT molecular complexity index is 208. The second-order valence-electron chi connectivity index (χ2n) is 3.33. The van der Waals surface area contributed by atoms with E-state index in [0.717, 1.165) is 31.6 Å². The number of rotatable bonds is 7. The number of likely N-dealkylation sites (N-methyl/N-ethyl adjacent to an activating group) is 1. The van der Waals surface area contributed by atoms with E-state index in [-0.39, 0.29) is 5.97 Å². The van der Waals surface area contributed by atoms with Crippen LogP contribution in [-0.4, -0.2) is 37.1 Å². The van der Waals surface area contributed by atoms with Gasteiger partial charge in [0.15, 0.2) is 0 Å². The second-order valence-corrected chi connectivity index (χ2v) is 3.33. The average molecular weight is 213 g/mol. The van der Waals surface area contributed by atoms with Gasteiger partial charge >= 0.3 is 5.97 Å². The minimum Gasteiger partial charge on any atom is -0.461 e.